The molecule has 0 bridgehead atoms. The molecule has 144 valence electrons. The van der Waals surface area contributed by atoms with Crippen LogP contribution in [-0.2, 0) is 14.8 Å². The highest BCUT2D eigenvalue weighted by molar-refractivity contribution is 7.89. The first-order valence-electron chi connectivity index (χ1n) is 8.40. The molecule has 0 atom stereocenters. The molecule has 2 aromatic carbocycles. The minimum absolute atomic E-state index is 0.0224. The topological polar surface area (TPSA) is 75.7 Å². The van der Waals surface area contributed by atoms with Gasteiger partial charge in [-0.1, -0.05) is 18.2 Å². The second-order valence-corrected chi connectivity index (χ2v) is 8.00. The number of anilines is 1. The Morgan fingerprint density at radius 3 is 2.44 bits per heavy atom. The number of amides is 1. The molecule has 1 amide bonds. The highest BCUT2D eigenvalue weighted by atomic mass is 32.2. The molecule has 1 N–H and O–H groups in total. The van der Waals surface area contributed by atoms with Gasteiger partial charge in [0.2, 0.25) is 15.9 Å². The van der Waals surface area contributed by atoms with Crippen LogP contribution in [0.1, 0.15) is 11.1 Å². The Bertz CT molecular complexity index is 921. The average Bonchev–Trinajstić information content (AvgIpc) is 2.65. The van der Waals surface area contributed by atoms with Gasteiger partial charge in [0.05, 0.1) is 18.6 Å². The van der Waals surface area contributed by atoms with Crippen molar-refractivity contribution in [1.82, 2.24) is 4.31 Å². The SMILES string of the molecule is C=CCN(CC(=O)Nc1cccc(C)c1C)S(=O)(=O)c1ccc(OC)cc1. The summed E-state index contributed by atoms with van der Waals surface area (Å²) in [6, 6.07) is 11.6. The van der Waals surface area contributed by atoms with Crippen LogP contribution in [0.3, 0.4) is 0 Å². The summed E-state index contributed by atoms with van der Waals surface area (Å²) in [5.41, 5.74) is 2.65. The molecule has 2 rings (SSSR count). The molecular formula is C20H24N2O4S. The minimum Gasteiger partial charge on any atom is -0.497 e. The molecule has 0 aromatic heterocycles. The monoisotopic (exact) mass is 388 g/mol. The lowest BCUT2D eigenvalue weighted by Gasteiger charge is -2.21. The molecule has 0 aliphatic carbocycles. The maximum atomic E-state index is 12.9. The van der Waals surface area contributed by atoms with Crippen LogP contribution in [0.25, 0.3) is 0 Å². The lowest BCUT2D eigenvalue weighted by atomic mass is 10.1. The second-order valence-electron chi connectivity index (χ2n) is 6.06. The molecule has 0 fully saturated rings. The quantitative estimate of drug-likeness (QED) is 0.705. The van der Waals surface area contributed by atoms with E-state index < -0.39 is 15.9 Å². The lowest BCUT2D eigenvalue weighted by Crippen LogP contribution is -2.38. The number of sulfonamides is 1. The molecule has 2 aromatic rings. The number of hydrogen-bond acceptors (Lipinski definition) is 4. The average molecular weight is 388 g/mol. The van der Waals surface area contributed by atoms with Crippen LogP contribution in [0.5, 0.6) is 5.75 Å². The summed E-state index contributed by atoms with van der Waals surface area (Å²) < 4.78 is 31.9. The van der Waals surface area contributed by atoms with Crippen molar-refractivity contribution in [3.8, 4) is 5.75 Å². The number of benzene rings is 2. The van der Waals surface area contributed by atoms with E-state index in [0.29, 0.717) is 11.4 Å². The van der Waals surface area contributed by atoms with Gasteiger partial charge in [0.25, 0.3) is 0 Å². The number of nitrogens with zero attached hydrogens (tertiary/aromatic N) is 1. The Morgan fingerprint density at radius 2 is 1.85 bits per heavy atom. The summed E-state index contributed by atoms with van der Waals surface area (Å²) in [4.78, 5) is 12.6. The van der Waals surface area contributed by atoms with Crippen LogP contribution >= 0.6 is 0 Å². The van der Waals surface area contributed by atoms with E-state index in [9.17, 15) is 13.2 Å². The summed E-state index contributed by atoms with van der Waals surface area (Å²) in [5.74, 6) is 0.138. The van der Waals surface area contributed by atoms with Gasteiger partial charge in [-0.25, -0.2) is 8.42 Å². The molecule has 0 saturated heterocycles. The van der Waals surface area contributed by atoms with Crippen molar-refractivity contribution >= 4 is 21.6 Å². The maximum Gasteiger partial charge on any atom is 0.243 e. The van der Waals surface area contributed by atoms with Gasteiger partial charge in [0, 0.05) is 12.2 Å². The number of nitrogens with one attached hydrogen (secondary N) is 1. The standard InChI is InChI=1S/C20H24N2O4S/c1-5-13-22(27(24,25)18-11-9-17(26-4)10-12-18)14-20(23)21-19-8-6-7-15(2)16(19)3/h5-12H,1,13-14H2,2-4H3,(H,21,23). The Balaban J connectivity index is 2.21. The molecule has 7 heteroatoms. The Labute approximate surface area is 160 Å². The molecule has 0 saturated carbocycles. The van der Waals surface area contributed by atoms with E-state index in [0.717, 1.165) is 15.4 Å². The summed E-state index contributed by atoms with van der Waals surface area (Å²) in [7, 11) is -2.34. The number of carbonyl (C=O) groups is 1. The highest BCUT2D eigenvalue weighted by Crippen LogP contribution is 2.21. The van der Waals surface area contributed by atoms with Crippen molar-refractivity contribution in [2.75, 3.05) is 25.5 Å². The van der Waals surface area contributed by atoms with E-state index in [-0.39, 0.29) is 18.0 Å². The van der Waals surface area contributed by atoms with Crippen molar-refractivity contribution in [2.45, 2.75) is 18.7 Å². The highest BCUT2D eigenvalue weighted by Gasteiger charge is 2.26. The third kappa shape index (κ3) is 4.96. The fourth-order valence-electron chi connectivity index (χ4n) is 2.52. The van der Waals surface area contributed by atoms with Gasteiger partial charge in [-0.3, -0.25) is 4.79 Å². The van der Waals surface area contributed by atoms with Crippen molar-refractivity contribution in [2.24, 2.45) is 0 Å². The molecule has 0 aliphatic rings. The number of aryl methyl sites for hydroxylation is 1. The molecule has 0 spiro atoms. The molecule has 27 heavy (non-hydrogen) atoms. The van der Waals surface area contributed by atoms with Crippen molar-refractivity contribution < 1.29 is 17.9 Å². The van der Waals surface area contributed by atoms with Gasteiger partial charge in [0.1, 0.15) is 5.75 Å². The maximum absolute atomic E-state index is 12.9. The van der Waals surface area contributed by atoms with E-state index >= 15 is 0 Å². The molecule has 6 nitrogen and oxygen atoms in total. The fourth-order valence-corrected chi connectivity index (χ4v) is 3.89. The predicted octanol–water partition coefficient (Wildman–Crippen LogP) is 3.13. The zero-order chi connectivity index (χ0) is 20.0. The molecular weight excluding hydrogens is 364 g/mol. The first-order chi connectivity index (χ1) is 12.8. The molecule has 0 unspecified atom stereocenters. The number of carbonyl (C=O) groups excluding carboxylic acids is 1. The number of rotatable bonds is 8. The van der Waals surface area contributed by atoms with Crippen LogP contribution in [0.2, 0.25) is 0 Å². The summed E-state index contributed by atoms with van der Waals surface area (Å²) in [6.07, 6.45) is 1.45. The van der Waals surface area contributed by atoms with Crippen LogP contribution in [0, 0.1) is 13.8 Å². The first kappa shape index (κ1) is 20.7. The Kier molecular flexibility index (Phi) is 6.76. The van der Waals surface area contributed by atoms with Gasteiger partial charge in [0.15, 0.2) is 0 Å². The van der Waals surface area contributed by atoms with Crippen molar-refractivity contribution in [1.29, 1.82) is 0 Å². The number of ether oxygens (including phenoxy) is 1. The van der Waals surface area contributed by atoms with Crippen LogP contribution in [0.4, 0.5) is 5.69 Å². The molecule has 0 aliphatic heterocycles. The third-order valence-electron chi connectivity index (χ3n) is 4.23. The predicted molar refractivity (Wildman–Crippen MR) is 106 cm³/mol. The van der Waals surface area contributed by atoms with Gasteiger partial charge < -0.3 is 10.1 Å². The molecule has 0 heterocycles. The number of hydrogen-bond donors (Lipinski definition) is 1. The Hall–Kier alpha value is -2.64. The van der Waals surface area contributed by atoms with Gasteiger partial charge in [-0.2, -0.15) is 4.31 Å². The van der Waals surface area contributed by atoms with Gasteiger partial charge in [-0.15, -0.1) is 6.58 Å². The van der Waals surface area contributed by atoms with Crippen molar-refractivity contribution in [3.05, 3.63) is 66.2 Å². The van der Waals surface area contributed by atoms with Crippen LogP contribution in [-0.4, -0.2) is 38.8 Å². The summed E-state index contributed by atoms with van der Waals surface area (Å²) >= 11 is 0. The van der Waals surface area contributed by atoms with Crippen LogP contribution < -0.4 is 10.1 Å². The summed E-state index contributed by atoms with van der Waals surface area (Å²) in [5, 5.41) is 2.78. The van der Waals surface area contributed by atoms with Gasteiger partial charge in [-0.05, 0) is 55.3 Å². The fraction of sp³-hybridized carbons (Fsp3) is 0.250. The van der Waals surface area contributed by atoms with E-state index in [4.69, 9.17) is 4.74 Å². The third-order valence-corrected chi connectivity index (χ3v) is 6.05. The van der Waals surface area contributed by atoms with Gasteiger partial charge >= 0.3 is 0 Å². The first-order valence-corrected chi connectivity index (χ1v) is 9.84. The zero-order valence-corrected chi connectivity index (χ0v) is 16.5. The number of methoxy groups -OCH3 is 1. The second kappa shape index (κ2) is 8.83. The van der Waals surface area contributed by atoms with E-state index in [1.807, 2.05) is 26.0 Å². The molecule has 0 radical (unpaired) electrons. The van der Waals surface area contributed by atoms with Crippen LogP contribution in [0.15, 0.2) is 60.0 Å². The summed E-state index contributed by atoms with van der Waals surface area (Å²) in [6.45, 7) is 7.16. The van der Waals surface area contributed by atoms with E-state index in [1.54, 1.807) is 18.2 Å². The smallest absolute Gasteiger partial charge is 0.243 e. The van der Waals surface area contributed by atoms with E-state index in [2.05, 4.69) is 11.9 Å². The zero-order valence-electron chi connectivity index (χ0n) is 15.7. The Morgan fingerprint density at radius 1 is 1.19 bits per heavy atom. The van der Waals surface area contributed by atoms with Crippen molar-refractivity contribution in [3.63, 3.8) is 0 Å². The lowest BCUT2D eigenvalue weighted by molar-refractivity contribution is -0.116. The normalized spacial score (nSPS) is 11.3. The minimum atomic E-state index is -3.85. The van der Waals surface area contributed by atoms with E-state index in [1.165, 1.54) is 25.3 Å². The largest absolute Gasteiger partial charge is 0.497 e.